The number of carbonyl (C=O) groups excluding carboxylic acids is 2. The van der Waals surface area contributed by atoms with Crippen LogP contribution in [-0.2, 0) is 9.16 Å². The number of nitrogens with zero attached hydrogens (tertiary/aromatic N) is 1. The monoisotopic (exact) mass is 561 g/mol. The molecule has 2 unspecified atom stereocenters. The quantitative estimate of drug-likeness (QED) is 0.255. The predicted molar refractivity (Wildman–Crippen MR) is 133 cm³/mol. The average Bonchev–Trinajstić information content (AvgIpc) is 2.61. The van der Waals surface area contributed by atoms with Gasteiger partial charge in [-0.3, -0.25) is 4.79 Å². The number of aldehydes is 1. The Hall–Kier alpha value is -1.13. The molecular formula is C23H36INO5Si. The summed E-state index contributed by atoms with van der Waals surface area (Å²) in [6.07, 6.45) is 0.518. The lowest BCUT2D eigenvalue weighted by atomic mass is 10.0. The summed E-state index contributed by atoms with van der Waals surface area (Å²) in [6.45, 7) is 17.4. The highest BCUT2D eigenvalue weighted by Gasteiger charge is 2.44. The van der Waals surface area contributed by atoms with Gasteiger partial charge in [-0.1, -0.05) is 20.8 Å². The Bertz CT molecular complexity index is 800. The normalized spacial score (nSPS) is 20.4. The maximum Gasteiger partial charge on any atom is 0.410 e. The van der Waals surface area contributed by atoms with Gasteiger partial charge in [-0.25, -0.2) is 4.79 Å². The van der Waals surface area contributed by atoms with Crippen molar-refractivity contribution in [2.75, 3.05) is 13.1 Å². The van der Waals surface area contributed by atoms with Crippen LogP contribution in [0.2, 0.25) is 18.1 Å². The van der Waals surface area contributed by atoms with E-state index in [4.69, 9.17) is 13.9 Å². The third-order valence-electron chi connectivity index (χ3n) is 5.78. The smallest absolute Gasteiger partial charge is 0.410 e. The van der Waals surface area contributed by atoms with Crippen molar-refractivity contribution in [1.29, 1.82) is 0 Å². The Labute approximate surface area is 201 Å². The van der Waals surface area contributed by atoms with E-state index in [0.717, 1.165) is 9.86 Å². The first-order chi connectivity index (χ1) is 14.1. The number of ether oxygens (including phenoxy) is 2. The first-order valence-electron chi connectivity index (χ1n) is 10.7. The Balaban J connectivity index is 2.27. The fourth-order valence-corrected chi connectivity index (χ4v) is 4.92. The van der Waals surface area contributed by atoms with Crippen molar-refractivity contribution < 1.29 is 23.5 Å². The van der Waals surface area contributed by atoms with E-state index in [2.05, 4.69) is 56.5 Å². The van der Waals surface area contributed by atoms with Crippen molar-refractivity contribution in [3.05, 3.63) is 27.3 Å². The van der Waals surface area contributed by atoms with Gasteiger partial charge in [-0.15, -0.1) is 0 Å². The topological polar surface area (TPSA) is 65.1 Å². The molecule has 1 heterocycles. The SMILES string of the molecule is CC(C)(C)OC(=O)N1CCC(Oc2ccc(I)cc2C=O)C(O[Si](C)(C)C(C)(C)C)C1. The number of amides is 1. The minimum atomic E-state index is -2.12. The highest BCUT2D eigenvalue weighted by atomic mass is 127. The number of hydrogen-bond acceptors (Lipinski definition) is 5. The van der Waals surface area contributed by atoms with Gasteiger partial charge in [-0.05, 0) is 79.7 Å². The molecule has 1 fully saturated rings. The van der Waals surface area contributed by atoms with Crippen LogP contribution >= 0.6 is 22.6 Å². The molecular weight excluding hydrogens is 525 g/mol. The van der Waals surface area contributed by atoms with E-state index in [0.29, 0.717) is 30.8 Å². The van der Waals surface area contributed by atoms with Crippen LogP contribution in [0, 0.1) is 3.57 Å². The summed E-state index contributed by atoms with van der Waals surface area (Å²) in [7, 11) is -2.12. The zero-order valence-corrected chi connectivity index (χ0v) is 23.1. The molecule has 174 valence electrons. The predicted octanol–water partition coefficient (Wildman–Crippen LogP) is 5.88. The van der Waals surface area contributed by atoms with Crippen molar-refractivity contribution >= 4 is 43.3 Å². The van der Waals surface area contributed by atoms with Crippen LogP contribution in [0.15, 0.2) is 18.2 Å². The number of benzene rings is 1. The summed E-state index contributed by atoms with van der Waals surface area (Å²) in [5.74, 6) is 0.551. The second kappa shape index (κ2) is 9.78. The van der Waals surface area contributed by atoms with Gasteiger partial charge in [0.1, 0.15) is 17.5 Å². The third-order valence-corrected chi connectivity index (χ3v) is 11.0. The maximum atomic E-state index is 12.7. The second-order valence-electron chi connectivity index (χ2n) is 10.6. The molecule has 0 aromatic heterocycles. The van der Waals surface area contributed by atoms with Gasteiger partial charge in [0.2, 0.25) is 0 Å². The molecule has 31 heavy (non-hydrogen) atoms. The summed E-state index contributed by atoms with van der Waals surface area (Å²) in [5.41, 5.74) is -0.0344. The molecule has 1 aromatic carbocycles. The van der Waals surface area contributed by atoms with Crippen molar-refractivity contribution in [2.24, 2.45) is 0 Å². The van der Waals surface area contributed by atoms with Crippen molar-refractivity contribution in [1.82, 2.24) is 4.90 Å². The van der Waals surface area contributed by atoms with Gasteiger partial charge in [0, 0.05) is 16.5 Å². The van der Waals surface area contributed by atoms with Crippen LogP contribution in [0.4, 0.5) is 4.79 Å². The molecule has 1 amide bonds. The molecule has 0 spiro atoms. The molecule has 1 saturated heterocycles. The molecule has 1 aromatic rings. The van der Waals surface area contributed by atoms with E-state index in [1.165, 1.54) is 0 Å². The van der Waals surface area contributed by atoms with Crippen molar-refractivity contribution in [3.63, 3.8) is 0 Å². The molecule has 6 nitrogen and oxygen atoms in total. The van der Waals surface area contributed by atoms with Gasteiger partial charge in [-0.2, -0.15) is 0 Å². The number of piperidine rings is 1. The second-order valence-corrected chi connectivity index (χ2v) is 16.6. The van der Waals surface area contributed by atoms with Crippen molar-refractivity contribution in [2.45, 2.75) is 83.9 Å². The molecule has 2 atom stereocenters. The summed E-state index contributed by atoms with van der Waals surface area (Å²) in [4.78, 5) is 26.0. The summed E-state index contributed by atoms with van der Waals surface area (Å²) < 4.78 is 19.6. The molecule has 2 rings (SSSR count). The zero-order valence-electron chi connectivity index (χ0n) is 20.0. The lowest BCUT2D eigenvalue weighted by molar-refractivity contribution is -0.0324. The summed E-state index contributed by atoms with van der Waals surface area (Å²) in [5, 5.41) is 0.0164. The highest BCUT2D eigenvalue weighted by molar-refractivity contribution is 14.1. The van der Waals surface area contributed by atoms with E-state index in [9.17, 15) is 9.59 Å². The lowest BCUT2D eigenvalue weighted by Gasteiger charge is -2.45. The van der Waals surface area contributed by atoms with Gasteiger partial charge in [0.15, 0.2) is 14.6 Å². The largest absolute Gasteiger partial charge is 0.487 e. The van der Waals surface area contributed by atoms with E-state index in [-0.39, 0.29) is 23.3 Å². The van der Waals surface area contributed by atoms with E-state index < -0.39 is 13.9 Å². The molecule has 1 aliphatic rings. The number of hydrogen-bond donors (Lipinski definition) is 0. The van der Waals surface area contributed by atoms with Gasteiger partial charge in [0.25, 0.3) is 0 Å². The molecule has 0 bridgehead atoms. The Kier molecular flexibility index (Phi) is 8.24. The molecule has 0 N–H and O–H groups in total. The number of likely N-dealkylation sites (tertiary alicyclic amines) is 1. The van der Waals surface area contributed by atoms with E-state index >= 15 is 0 Å². The van der Waals surface area contributed by atoms with Gasteiger partial charge in [0.05, 0.1) is 18.2 Å². The highest BCUT2D eigenvalue weighted by Crippen LogP contribution is 2.39. The van der Waals surface area contributed by atoms with Crippen LogP contribution < -0.4 is 4.74 Å². The summed E-state index contributed by atoms with van der Waals surface area (Å²) >= 11 is 2.18. The van der Waals surface area contributed by atoms with E-state index in [1.807, 2.05) is 39.0 Å². The minimum absolute atomic E-state index is 0.0164. The molecule has 8 heteroatoms. The van der Waals surface area contributed by atoms with Crippen LogP contribution in [0.5, 0.6) is 5.75 Å². The number of halogens is 1. The van der Waals surface area contributed by atoms with Crippen LogP contribution in [-0.4, -0.2) is 56.5 Å². The number of carbonyl (C=O) groups is 2. The van der Waals surface area contributed by atoms with Crippen molar-refractivity contribution in [3.8, 4) is 5.75 Å². The molecule has 1 aliphatic heterocycles. The first kappa shape index (κ1) is 26.1. The van der Waals surface area contributed by atoms with Crippen LogP contribution in [0.25, 0.3) is 0 Å². The van der Waals surface area contributed by atoms with Crippen LogP contribution in [0.3, 0.4) is 0 Å². The zero-order chi connectivity index (χ0) is 23.6. The number of rotatable bonds is 5. The third kappa shape index (κ3) is 7.18. The average molecular weight is 562 g/mol. The van der Waals surface area contributed by atoms with Gasteiger partial charge < -0.3 is 18.8 Å². The molecule has 0 saturated carbocycles. The van der Waals surface area contributed by atoms with Gasteiger partial charge >= 0.3 is 6.09 Å². The Morgan fingerprint density at radius 2 is 1.81 bits per heavy atom. The molecule has 0 radical (unpaired) electrons. The lowest BCUT2D eigenvalue weighted by Crippen LogP contribution is -2.57. The summed E-state index contributed by atoms with van der Waals surface area (Å²) in [6, 6.07) is 5.56. The Morgan fingerprint density at radius 3 is 2.35 bits per heavy atom. The van der Waals surface area contributed by atoms with Crippen LogP contribution in [0.1, 0.15) is 58.3 Å². The standard InChI is InChI=1S/C23H36INO5Si/c1-22(2,3)29-21(27)25-12-11-19(20(14-25)30-31(7,8)23(4,5)6)28-18-10-9-17(24)13-16(18)15-26/h9-10,13,15,19-20H,11-12,14H2,1-8H3. The molecule has 0 aliphatic carbocycles. The fraction of sp³-hybridized carbons (Fsp3) is 0.652. The maximum absolute atomic E-state index is 12.7. The fourth-order valence-electron chi connectivity index (χ4n) is 3.07. The van der Waals surface area contributed by atoms with E-state index in [1.54, 1.807) is 4.90 Å². The first-order valence-corrected chi connectivity index (χ1v) is 14.7. The minimum Gasteiger partial charge on any atom is -0.487 e. The Morgan fingerprint density at radius 1 is 1.16 bits per heavy atom.